The van der Waals surface area contributed by atoms with Crippen molar-refractivity contribution in [1.82, 2.24) is 19.7 Å². The lowest BCUT2D eigenvalue weighted by atomic mass is 10.2. The van der Waals surface area contributed by atoms with Crippen LogP contribution in [0.4, 0.5) is 0 Å². The number of aliphatic hydroxyl groups is 1. The van der Waals surface area contributed by atoms with Gasteiger partial charge in [-0.2, -0.15) is 0 Å². The Hall–Kier alpha value is -1.60. The summed E-state index contributed by atoms with van der Waals surface area (Å²) in [4.78, 5) is 16.2. The second-order valence-electron chi connectivity index (χ2n) is 3.82. The number of hydrogen-bond donors (Lipinski definition) is 2. The van der Waals surface area contributed by atoms with Gasteiger partial charge in [0.1, 0.15) is 0 Å². The summed E-state index contributed by atoms with van der Waals surface area (Å²) in [6.07, 6.45) is 1.77. The Morgan fingerprint density at radius 3 is 2.83 bits per heavy atom. The Bertz CT molecular complexity index is 575. The van der Waals surface area contributed by atoms with Crippen LogP contribution in [0, 0.1) is 0 Å². The van der Waals surface area contributed by atoms with Gasteiger partial charge in [-0.15, -0.1) is 5.10 Å². The van der Waals surface area contributed by atoms with Gasteiger partial charge in [0.15, 0.2) is 5.16 Å². The molecule has 0 aromatic carbocycles. The maximum absolute atomic E-state index is 11.2. The highest BCUT2D eigenvalue weighted by Gasteiger charge is 2.09. The maximum Gasteiger partial charge on any atom is 0.343 e. The Labute approximate surface area is 108 Å². The Balaban J connectivity index is 2.16. The number of hydrogen-bond acceptors (Lipinski definition) is 5. The van der Waals surface area contributed by atoms with E-state index in [4.69, 9.17) is 0 Å². The van der Waals surface area contributed by atoms with Crippen molar-refractivity contribution in [2.24, 2.45) is 7.05 Å². The SMILES string of the molecule is CCC(O)c1ccc(Sc2n[nH]c(=O)n2C)cn1. The number of nitrogens with one attached hydrogen (secondary N) is 1. The van der Waals surface area contributed by atoms with E-state index in [1.165, 1.54) is 16.3 Å². The zero-order valence-electron chi connectivity index (χ0n) is 10.1. The van der Waals surface area contributed by atoms with Crippen molar-refractivity contribution in [2.75, 3.05) is 0 Å². The predicted octanol–water partition coefficient (Wildman–Crippen LogP) is 1.10. The highest BCUT2D eigenvalue weighted by Crippen LogP contribution is 2.25. The number of pyridine rings is 1. The van der Waals surface area contributed by atoms with E-state index in [9.17, 15) is 9.90 Å². The fraction of sp³-hybridized carbons (Fsp3) is 0.364. The third-order valence-electron chi connectivity index (χ3n) is 2.54. The molecular formula is C11H14N4O2S. The zero-order valence-corrected chi connectivity index (χ0v) is 10.9. The Kier molecular flexibility index (Phi) is 3.83. The van der Waals surface area contributed by atoms with Gasteiger partial charge in [0.2, 0.25) is 0 Å². The van der Waals surface area contributed by atoms with Gasteiger partial charge in [0.05, 0.1) is 11.8 Å². The van der Waals surface area contributed by atoms with E-state index in [-0.39, 0.29) is 5.69 Å². The van der Waals surface area contributed by atoms with Crippen LogP contribution in [-0.4, -0.2) is 24.9 Å². The van der Waals surface area contributed by atoms with Crippen LogP contribution in [0.25, 0.3) is 0 Å². The van der Waals surface area contributed by atoms with Gasteiger partial charge in [-0.05, 0) is 30.3 Å². The van der Waals surface area contributed by atoms with Crippen molar-refractivity contribution < 1.29 is 5.11 Å². The molecular weight excluding hydrogens is 252 g/mol. The van der Waals surface area contributed by atoms with E-state index in [0.717, 1.165) is 4.90 Å². The van der Waals surface area contributed by atoms with E-state index < -0.39 is 6.10 Å². The van der Waals surface area contributed by atoms with Gasteiger partial charge in [-0.1, -0.05) is 6.92 Å². The lowest BCUT2D eigenvalue weighted by Gasteiger charge is -2.07. The molecule has 0 spiro atoms. The molecule has 6 nitrogen and oxygen atoms in total. The normalized spacial score (nSPS) is 12.6. The van der Waals surface area contributed by atoms with Crippen LogP contribution in [0.1, 0.15) is 25.1 Å². The molecule has 0 aliphatic carbocycles. The molecule has 0 fully saturated rings. The first-order valence-electron chi connectivity index (χ1n) is 5.55. The number of nitrogens with zero attached hydrogens (tertiary/aromatic N) is 3. The molecule has 0 saturated heterocycles. The Morgan fingerprint density at radius 2 is 2.33 bits per heavy atom. The second-order valence-corrected chi connectivity index (χ2v) is 4.86. The molecule has 2 aromatic rings. The molecule has 0 aliphatic rings. The van der Waals surface area contributed by atoms with Crippen LogP contribution >= 0.6 is 11.8 Å². The van der Waals surface area contributed by atoms with Gasteiger partial charge < -0.3 is 5.11 Å². The van der Waals surface area contributed by atoms with Crippen LogP contribution in [0.15, 0.2) is 33.2 Å². The molecule has 1 atom stereocenters. The van der Waals surface area contributed by atoms with Crippen LogP contribution in [0.3, 0.4) is 0 Å². The lowest BCUT2D eigenvalue weighted by Crippen LogP contribution is -2.12. The first-order chi connectivity index (χ1) is 8.61. The van der Waals surface area contributed by atoms with E-state index >= 15 is 0 Å². The zero-order chi connectivity index (χ0) is 13.1. The van der Waals surface area contributed by atoms with E-state index in [1.807, 2.05) is 13.0 Å². The maximum atomic E-state index is 11.2. The van der Waals surface area contributed by atoms with Gasteiger partial charge in [0.25, 0.3) is 0 Å². The van der Waals surface area contributed by atoms with Crippen molar-refractivity contribution >= 4 is 11.8 Å². The van der Waals surface area contributed by atoms with E-state index in [1.54, 1.807) is 19.3 Å². The summed E-state index contributed by atoms with van der Waals surface area (Å²) in [5.41, 5.74) is 0.404. The lowest BCUT2D eigenvalue weighted by molar-refractivity contribution is 0.169. The van der Waals surface area contributed by atoms with Crippen molar-refractivity contribution in [3.63, 3.8) is 0 Å². The van der Waals surface area contributed by atoms with Gasteiger partial charge >= 0.3 is 5.69 Å². The van der Waals surface area contributed by atoms with Gasteiger partial charge in [-0.25, -0.2) is 9.89 Å². The largest absolute Gasteiger partial charge is 0.387 e. The minimum absolute atomic E-state index is 0.247. The van der Waals surface area contributed by atoms with Crippen molar-refractivity contribution in [1.29, 1.82) is 0 Å². The summed E-state index contributed by atoms with van der Waals surface area (Å²) in [5, 5.41) is 16.5. The minimum atomic E-state index is -0.529. The first kappa shape index (κ1) is 12.8. The smallest absolute Gasteiger partial charge is 0.343 e. The molecule has 2 heterocycles. The van der Waals surface area contributed by atoms with E-state index in [2.05, 4.69) is 15.2 Å². The summed E-state index contributed by atoms with van der Waals surface area (Å²) in [6, 6.07) is 3.63. The molecule has 0 amide bonds. The van der Waals surface area contributed by atoms with Crippen LogP contribution < -0.4 is 5.69 Å². The van der Waals surface area contributed by atoms with Crippen molar-refractivity contribution in [2.45, 2.75) is 29.5 Å². The van der Waals surface area contributed by atoms with Crippen molar-refractivity contribution in [3.05, 3.63) is 34.5 Å². The van der Waals surface area contributed by atoms with E-state index in [0.29, 0.717) is 17.3 Å². The molecule has 2 aromatic heterocycles. The molecule has 18 heavy (non-hydrogen) atoms. The third kappa shape index (κ3) is 2.62. The highest BCUT2D eigenvalue weighted by molar-refractivity contribution is 7.99. The molecule has 2 rings (SSSR count). The van der Waals surface area contributed by atoms with Crippen LogP contribution in [0.5, 0.6) is 0 Å². The first-order valence-corrected chi connectivity index (χ1v) is 6.36. The summed E-state index contributed by atoms with van der Waals surface area (Å²) in [6.45, 7) is 1.90. The standard InChI is InChI=1S/C11H14N4O2S/c1-3-9(16)8-5-4-7(6-12-8)18-11-14-13-10(17)15(11)2/h4-6,9,16H,3H2,1-2H3,(H,13,17). The molecule has 96 valence electrons. The van der Waals surface area contributed by atoms with Crippen LogP contribution in [-0.2, 0) is 7.05 Å². The van der Waals surface area contributed by atoms with Crippen molar-refractivity contribution in [3.8, 4) is 0 Å². The number of aliphatic hydroxyl groups excluding tert-OH is 1. The average Bonchev–Trinajstić information content (AvgIpc) is 2.71. The molecule has 7 heteroatoms. The average molecular weight is 266 g/mol. The minimum Gasteiger partial charge on any atom is -0.387 e. The fourth-order valence-electron chi connectivity index (χ4n) is 1.39. The third-order valence-corrected chi connectivity index (χ3v) is 3.56. The quantitative estimate of drug-likeness (QED) is 0.865. The predicted molar refractivity (Wildman–Crippen MR) is 67.4 cm³/mol. The topological polar surface area (TPSA) is 83.8 Å². The number of H-pyrrole nitrogens is 1. The van der Waals surface area contributed by atoms with Crippen LogP contribution in [0.2, 0.25) is 0 Å². The molecule has 0 saturated carbocycles. The number of aromatic nitrogens is 4. The second kappa shape index (κ2) is 5.36. The number of aromatic amines is 1. The monoisotopic (exact) mass is 266 g/mol. The molecule has 0 bridgehead atoms. The summed E-state index contributed by atoms with van der Waals surface area (Å²) in [7, 11) is 1.65. The summed E-state index contributed by atoms with van der Waals surface area (Å²) < 4.78 is 1.43. The Morgan fingerprint density at radius 1 is 1.56 bits per heavy atom. The summed E-state index contributed by atoms with van der Waals surface area (Å²) >= 11 is 1.34. The van der Waals surface area contributed by atoms with Gasteiger partial charge in [0, 0.05) is 18.1 Å². The summed E-state index contributed by atoms with van der Waals surface area (Å²) in [5.74, 6) is 0. The fourth-order valence-corrected chi connectivity index (χ4v) is 2.15. The number of rotatable bonds is 4. The molecule has 2 N–H and O–H groups in total. The highest BCUT2D eigenvalue weighted by atomic mass is 32.2. The molecule has 0 radical (unpaired) electrons. The molecule has 0 aliphatic heterocycles. The molecule has 1 unspecified atom stereocenters. The van der Waals surface area contributed by atoms with Gasteiger partial charge in [-0.3, -0.25) is 9.55 Å².